The predicted molar refractivity (Wildman–Crippen MR) is 123 cm³/mol. The minimum atomic E-state index is -3.74. The number of carbonyl (C=O) groups excluding carboxylic acids is 1. The van der Waals surface area contributed by atoms with Crippen LogP contribution in [0.3, 0.4) is 0 Å². The molecule has 0 aliphatic carbocycles. The quantitative estimate of drug-likeness (QED) is 0.468. The molecule has 0 saturated carbocycles. The van der Waals surface area contributed by atoms with Crippen molar-refractivity contribution in [3.05, 3.63) is 76.8 Å². The second-order valence-electron chi connectivity index (χ2n) is 6.62. The first kappa shape index (κ1) is 22.6. The number of hydrogen-bond donors (Lipinski definition) is 2. The van der Waals surface area contributed by atoms with Crippen molar-refractivity contribution in [3.8, 4) is 11.5 Å². The fourth-order valence-corrected chi connectivity index (χ4v) is 4.02. The molecule has 0 spiro atoms. The van der Waals surface area contributed by atoms with E-state index in [1.165, 1.54) is 31.4 Å². The summed E-state index contributed by atoms with van der Waals surface area (Å²) < 4.78 is 39.1. The number of sulfonamides is 1. The van der Waals surface area contributed by atoms with Crippen molar-refractivity contribution >= 4 is 43.2 Å². The molecule has 0 heterocycles. The number of amides is 1. The maximum absolute atomic E-state index is 12.5. The Morgan fingerprint density at radius 3 is 2.32 bits per heavy atom. The highest BCUT2D eigenvalue weighted by atomic mass is 79.9. The number of benzene rings is 3. The first-order chi connectivity index (χ1) is 14.8. The Labute approximate surface area is 189 Å². The molecule has 3 rings (SSSR count). The smallest absolute Gasteiger partial charge is 0.262 e. The lowest BCUT2D eigenvalue weighted by atomic mass is 10.2. The van der Waals surface area contributed by atoms with Crippen LogP contribution in [-0.2, 0) is 14.8 Å². The first-order valence-corrected chi connectivity index (χ1v) is 11.5. The predicted octanol–water partition coefficient (Wildman–Crippen LogP) is 4.58. The number of aryl methyl sites for hydroxylation is 1. The van der Waals surface area contributed by atoms with Crippen molar-refractivity contribution in [1.82, 2.24) is 0 Å². The van der Waals surface area contributed by atoms with E-state index in [2.05, 4.69) is 26.0 Å². The highest BCUT2D eigenvalue weighted by molar-refractivity contribution is 9.10. The fraction of sp³-hybridized carbons (Fsp3) is 0.136. The van der Waals surface area contributed by atoms with Crippen molar-refractivity contribution in [2.75, 3.05) is 23.8 Å². The van der Waals surface area contributed by atoms with Crippen LogP contribution in [0.1, 0.15) is 5.56 Å². The Hall–Kier alpha value is -3.04. The average Bonchev–Trinajstić information content (AvgIpc) is 2.74. The van der Waals surface area contributed by atoms with Crippen molar-refractivity contribution in [2.45, 2.75) is 11.8 Å². The van der Waals surface area contributed by atoms with Gasteiger partial charge in [-0.3, -0.25) is 9.52 Å². The van der Waals surface area contributed by atoms with Crippen molar-refractivity contribution in [3.63, 3.8) is 0 Å². The molecule has 3 aromatic carbocycles. The number of hydrogen-bond acceptors (Lipinski definition) is 5. The third-order valence-corrected chi connectivity index (χ3v) is 6.16. The van der Waals surface area contributed by atoms with Crippen LogP contribution in [0.15, 0.2) is 76.1 Å². The van der Waals surface area contributed by atoms with E-state index in [9.17, 15) is 13.2 Å². The zero-order chi connectivity index (χ0) is 22.4. The van der Waals surface area contributed by atoms with Crippen LogP contribution < -0.4 is 19.5 Å². The lowest BCUT2D eigenvalue weighted by molar-refractivity contribution is -0.118. The van der Waals surface area contributed by atoms with Crippen LogP contribution >= 0.6 is 15.9 Å². The second kappa shape index (κ2) is 9.84. The summed E-state index contributed by atoms with van der Waals surface area (Å²) in [5.74, 6) is 0.554. The summed E-state index contributed by atoms with van der Waals surface area (Å²) in [4.78, 5) is 12.3. The molecule has 7 nitrogen and oxygen atoms in total. The van der Waals surface area contributed by atoms with E-state index in [0.29, 0.717) is 22.9 Å². The van der Waals surface area contributed by atoms with E-state index in [0.717, 1.165) is 10.0 Å². The summed E-state index contributed by atoms with van der Waals surface area (Å²) in [6, 6.07) is 18.1. The summed E-state index contributed by atoms with van der Waals surface area (Å²) in [6.45, 7) is 1.67. The lowest BCUT2D eigenvalue weighted by Crippen LogP contribution is -2.20. The van der Waals surface area contributed by atoms with Gasteiger partial charge in [0.05, 0.1) is 17.7 Å². The number of halogens is 1. The summed E-state index contributed by atoms with van der Waals surface area (Å²) in [5.41, 5.74) is 1.98. The Kier molecular flexibility index (Phi) is 7.19. The highest BCUT2D eigenvalue weighted by Crippen LogP contribution is 2.25. The van der Waals surface area contributed by atoms with Gasteiger partial charge in [-0.05, 0) is 73.2 Å². The number of carbonyl (C=O) groups is 1. The van der Waals surface area contributed by atoms with Crippen molar-refractivity contribution in [1.29, 1.82) is 0 Å². The molecule has 0 fully saturated rings. The van der Waals surface area contributed by atoms with E-state index in [1.807, 2.05) is 13.0 Å². The van der Waals surface area contributed by atoms with Gasteiger partial charge in [-0.25, -0.2) is 8.42 Å². The van der Waals surface area contributed by atoms with Gasteiger partial charge in [0.1, 0.15) is 11.5 Å². The van der Waals surface area contributed by atoms with Gasteiger partial charge in [0.15, 0.2) is 6.61 Å². The number of nitrogens with one attached hydrogen (secondary N) is 2. The number of anilines is 2. The molecule has 31 heavy (non-hydrogen) atoms. The van der Waals surface area contributed by atoms with E-state index < -0.39 is 10.0 Å². The number of rotatable bonds is 8. The van der Waals surface area contributed by atoms with Crippen LogP contribution in [-0.4, -0.2) is 28.0 Å². The topological polar surface area (TPSA) is 93.7 Å². The monoisotopic (exact) mass is 504 g/mol. The third kappa shape index (κ3) is 6.22. The van der Waals surface area contributed by atoms with Crippen molar-refractivity contribution < 1.29 is 22.7 Å². The zero-order valence-electron chi connectivity index (χ0n) is 16.9. The van der Waals surface area contributed by atoms with E-state index in [1.54, 1.807) is 36.4 Å². The van der Waals surface area contributed by atoms with Crippen LogP contribution in [0.4, 0.5) is 11.4 Å². The maximum Gasteiger partial charge on any atom is 0.262 e. The molecule has 0 aliphatic rings. The first-order valence-electron chi connectivity index (χ1n) is 9.22. The molecule has 0 radical (unpaired) electrons. The summed E-state index contributed by atoms with van der Waals surface area (Å²) in [6.07, 6.45) is 0. The summed E-state index contributed by atoms with van der Waals surface area (Å²) >= 11 is 3.31. The molecule has 1 amide bonds. The largest absolute Gasteiger partial charge is 0.495 e. The van der Waals surface area contributed by atoms with Gasteiger partial charge >= 0.3 is 0 Å². The molecule has 9 heteroatoms. The lowest BCUT2D eigenvalue weighted by Gasteiger charge is -2.12. The van der Waals surface area contributed by atoms with Gasteiger partial charge in [0.2, 0.25) is 0 Å². The molecule has 0 bridgehead atoms. The molecule has 0 saturated heterocycles. The molecule has 0 aliphatic heterocycles. The van der Waals surface area contributed by atoms with Gasteiger partial charge in [-0.15, -0.1) is 0 Å². The molecule has 0 unspecified atom stereocenters. The average molecular weight is 505 g/mol. The normalized spacial score (nSPS) is 10.9. The van der Waals surface area contributed by atoms with Gasteiger partial charge in [-0.2, -0.15) is 0 Å². The zero-order valence-corrected chi connectivity index (χ0v) is 19.3. The Morgan fingerprint density at radius 2 is 1.68 bits per heavy atom. The Balaban J connectivity index is 1.59. The molecule has 3 aromatic rings. The number of methoxy groups -OCH3 is 1. The van der Waals surface area contributed by atoms with Crippen LogP contribution in [0.2, 0.25) is 0 Å². The van der Waals surface area contributed by atoms with Gasteiger partial charge in [0, 0.05) is 10.2 Å². The van der Waals surface area contributed by atoms with Crippen LogP contribution in [0.5, 0.6) is 11.5 Å². The van der Waals surface area contributed by atoms with Gasteiger partial charge < -0.3 is 14.8 Å². The van der Waals surface area contributed by atoms with Crippen LogP contribution in [0.25, 0.3) is 0 Å². The van der Waals surface area contributed by atoms with Gasteiger partial charge in [-0.1, -0.05) is 22.0 Å². The molecule has 162 valence electrons. The minimum Gasteiger partial charge on any atom is -0.495 e. The molecule has 0 atom stereocenters. The van der Waals surface area contributed by atoms with Crippen molar-refractivity contribution in [2.24, 2.45) is 0 Å². The van der Waals surface area contributed by atoms with Gasteiger partial charge in [0.25, 0.3) is 15.9 Å². The minimum absolute atomic E-state index is 0.0803. The SMILES string of the molecule is COc1ccc(C)cc1NC(=O)COc1ccc(S(=O)(=O)Nc2ccc(Br)cc2)cc1. The summed E-state index contributed by atoms with van der Waals surface area (Å²) in [5, 5.41) is 2.74. The van der Waals surface area contributed by atoms with E-state index >= 15 is 0 Å². The highest BCUT2D eigenvalue weighted by Gasteiger charge is 2.15. The van der Waals surface area contributed by atoms with E-state index in [-0.39, 0.29) is 17.4 Å². The molecular formula is C22H21BrN2O5S. The fourth-order valence-electron chi connectivity index (χ4n) is 2.70. The third-order valence-electron chi connectivity index (χ3n) is 4.23. The van der Waals surface area contributed by atoms with E-state index in [4.69, 9.17) is 9.47 Å². The standard InChI is InChI=1S/C22H21BrN2O5S/c1-15-3-12-21(29-2)20(13-15)24-22(26)14-30-18-8-10-19(11-9-18)31(27,28)25-17-6-4-16(23)5-7-17/h3-13,25H,14H2,1-2H3,(H,24,26). The number of ether oxygens (including phenoxy) is 2. The Bertz CT molecular complexity index is 1160. The molecular weight excluding hydrogens is 484 g/mol. The van der Waals surface area contributed by atoms with Crippen LogP contribution in [0, 0.1) is 6.92 Å². The Morgan fingerprint density at radius 1 is 1.00 bits per heavy atom. The second-order valence-corrected chi connectivity index (χ2v) is 9.22. The molecule has 2 N–H and O–H groups in total. The summed E-state index contributed by atoms with van der Waals surface area (Å²) in [7, 11) is -2.21. The molecule has 0 aromatic heterocycles. The maximum atomic E-state index is 12.5.